The molecule has 35 heavy (non-hydrogen) atoms. The van der Waals surface area contributed by atoms with E-state index in [1.165, 1.54) is 29.3 Å². The number of benzene rings is 2. The lowest BCUT2D eigenvalue weighted by Crippen LogP contribution is -2.37. The molecule has 1 amide bonds. The molecule has 0 aliphatic carbocycles. The molecule has 0 bridgehead atoms. The number of rotatable bonds is 7. The van der Waals surface area contributed by atoms with Crippen LogP contribution in [0.1, 0.15) is 40.9 Å². The lowest BCUT2D eigenvalue weighted by atomic mass is 9.99. The zero-order chi connectivity index (χ0) is 24.4. The summed E-state index contributed by atoms with van der Waals surface area (Å²) >= 11 is 0. The molecule has 3 heterocycles. The number of pyridine rings is 1. The number of nitrogens with zero attached hydrogens (tertiary/aromatic N) is 2. The van der Waals surface area contributed by atoms with E-state index in [4.69, 9.17) is 0 Å². The first-order valence-corrected chi connectivity index (χ1v) is 13.6. The molecule has 184 valence electrons. The molecular formula is C26H30N4O4S. The summed E-state index contributed by atoms with van der Waals surface area (Å²) in [4.78, 5) is 30.5. The largest absolute Gasteiger partial charge is 0.352 e. The Morgan fingerprint density at radius 3 is 2.57 bits per heavy atom. The minimum absolute atomic E-state index is 0.0776. The molecule has 0 saturated carbocycles. The van der Waals surface area contributed by atoms with Gasteiger partial charge in [-0.1, -0.05) is 24.3 Å². The number of amides is 1. The summed E-state index contributed by atoms with van der Waals surface area (Å²) < 4.78 is 28.2. The van der Waals surface area contributed by atoms with Crippen molar-refractivity contribution >= 4 is 26.7 Å². The molecule has 1 fully saturated rings. The van der Waals surface area contributed by atoms with Crippen molar-refractivity contribution in [2.75, 3.05) is 32.7 Å². The second kappa shape index (κ2) is 9.93. The van der Waals surface area contributed by atoms with Crippen LogP contribution in [0.15, 0.2) is 58.2 Å². The quantitative estimate of drug-likeness (QED) is 0.492. The third kappa shape index (κ3) is 4.89. The molecule has 5 rings (SSSR count). The Morgan fingerprint density at radius 2 is 1.77 bits per heavy atom. The van der Waals surface area contributed by atoms with E-state index in [0.717, 1.165) is 37.0 Å². The molecule has 0 radical (unpaired) electrons. The number of hydrogen-bond acceptors (Lipinski definition) is 5. The topological polar surface area (TPSA) is 103 Å². The minimum atomic E-state index is -3.84. The summed E-state index contributed by atoms with van der Waals surface area (Å²) in [5.41, 5.74) is 1.70. The van der Waals surface area contributed by atoms with E-state index in [1.807, 2.05) is 18.2 Å². The Labute approximate surface area is 205 Å². The van der Waals surface area contributed by atoms with Crippen LogP contribution in [-0.4, -0.2) is 61.2 Å². The first-order chi connectivity index (χ1) is 16.9. The first kappa shape index (κ1) is 23.7. The first-order valence-electron chi connectivity index (χ1n) is 12.2. The third-order valence-corrected chi connectivity index (χ3v) is 8.78. The summed E-state index contributed by atoms with van der Waals surface area (Å²) in [6, 6.07) is 13.6. The Morgan fingerprint density at radius 1 is 1.00 bits per heavy atom. The second-order valence-electron chi connectivity index (χ2n) is 9.23. The monoisotopic (exact) mass is 494 g/mol. The number of aromatic amines is 1. The second-order valence-corrected chi connectivity index (χ2v) is 11.2. The number of aromatic nitrogens is 1. The Balaban J connectivity index is 1.29. The summed E-state index contributed by atoms with van der Waals surface area (Å²) in [5.74, 6) is -0.275. The van der Waals surface area contributed by atoms with Gasteiger partial charge in [0.15, 0.2) is 0 Å². The standard InChI is InChI=1S/C26H30N4O4S/c31-25(27-12-6-15-29-13-3-4-14-29)19-7-5-8-20(17-19)35(33,34)30-16-11-22-21-9-1-2-10-23(21)26(32)28-24(22)18-30/h1-2,5,7-10,17H,3-4,6,11-16,18H2,(H,27,31)(H,28,32). The van der Waals surface area contributed by atoms with Crippen LogP contribution in [0.3, 0.4) is 0 Å². The van der Waals surface area contributed by atoms with Crippen molar-refractivity contribution in [3.8, 4) is 0 Å². The van der Waals surface area contributed by atoms with Crippen LogP contribution in [-0.2, 0) is 23.0 Å². The van der Waals surface area contributed by atoms with Crippen molar-refractivity contribution < 1.29 is 13.2 Å². The normalized spacial score (nSPS) is 16.9. The van der Waals surface area contributed by atoms with Crippen molar-refractivity contribution in [2.24, 2.45) is 0 Å². The van der Waals surface area contributed by atoms with E-state index in [-0.39, 0.29) is 22.9 Å². The van der Waals surface area contributed by atoms with Gasteiger partial charge >= 0.3 is 0 Å². The van der Waals surface area contributed by atoms with E-state index in [1.54, 1.807) is 18.2 Å². The molecule has 3 aromatic rings. The highest BCUT2D eigenvalue weighted by Gasteiger charge is 2.30. The molecule has 2 N–H and O–H groups in total. The van der Waals surface area contributed by atoms with Crippen molar-refractivity contribution in [3.05, 3.63) is 75.7 Å². The highest BCUT2D eigenvalue weighted by atomic mass is 32.2. The maximum atomic E-state index is 13.4. The number of fused-ring (bicyclic) bond motifs is 3. The highest BCUT2D eigenvalue weighted by Crippen LogP contribution is 2.27. The van der Waals surface area contributed by atoms with Crippen LogP contribution in [0.25, 0.3) is 10.8 Å². The van der Waals surface area contributed by atoms with Crippen molar-refractivity contribution in [1.29, 1.82) is 0 Å². The van der Waals surface area contributed by atoms with Crippen LogP contribution < -0.4 is 10.9 Å². The minimum Gasteiger partial charge on any atom is -0.352 e. The summed E-state index contributed by atoms with van der Waals surface area (Å²) in [6.45, 7) is 4.15. The number of carbonyl (C=O) groups is 1. The lowest BCUT2D eigenvalue weighted by molar-refractivity contribution is 0.0952. The fourth-order valence-electron chi connectivity index (χ4n) is 5.06. The molecule has 0 unspecified atom stereocenters. The maximum absolute atomic E-state index is 13.4. The number of hydrogen-bond donors (Lipinski definition) is 2. The van der Waals surface area contributed by atoms with Gasteiger partial charge in [-0.3, -0.25) is 9.59 Å². The Bertz CT molecular complexity index is 1410. The van der Waals surface area contributed by atoms with E-state index in [2.05, 4.69) is 15.2 Å². The van der Waals surface area contributed by atoms with E-state index < -0.39 is 10.0 Å². The van der Waals surface area contributed by atoms with Gasteiger partial charge in [0, 0.05) is 29.7 Å². The molecule has 1 saturated heterocycles. The summed E-state index contributed by atoms with van der Waals surface area (Å²) in [6.07, 6.45) is 3.85. The molecule has 0 spiro atoms. The van der Waals surface area contributed by atoms with E-state index in [9.17, 15) is 18.0 Å². The molecule has 0 atom stereocenters. The molecule has 9 heteroatoms. The van der Waals surface area contributed by atoms with Crippen LogP contribution in [0.5, 0.6) is 0 Å². The fourth-order valence-corrected chi connectivity index (χ4v) is 6.52. The SMILES string of the molecule is O=C(NCCCN1CCCC1)c1cccc(S(=O)(=O)N2CCc3c([nH]c(=O)c4ccccc34)C2)c1. The number of H-pyrrole nitrogens is 1. The third-order valence-electron chi connectivity index (χ3n) is 6.94. The van der Waals surface area contributed by atoms with E-state index >= 15 is 0 Å². The van der Waals surface area contributed by atoms with Crippen molar-refractivity contribution in [1.82, 2.24) is 19.5 Å². The van der Waals surface area contributed by atoms with Gasteiger partial charge in [-0.05, 0) is 80.5 Å². The maximum Gasteiger partial charge on any atom is 0.256 e. The zero-order valence-electron chi connectivity index (χ0n) is 19.6. The Kier molecular flexibility index (Phi) is 6.73. The van der Waals surface area contributed by atoms with Gasteiger partial charge in [0.25, 0.3) is 11.5 Å². The van der Waals surface area contributed by atoms with Gasteiger partial charge in [-0.25, -0.2) is 8.42 Å². The zero-order valence-corrected chi connectivity index (χ0v) is 20.4. The summed E-state index contributed by atoms with van der Waals surface area (Å²) in [7, 11) is -3.84. The molecule has 2 aliphatic rings. The fraction of sp³-hybridized carbons (Fsp3) is 0.385. The molecule has 2 aliphatic heterocycles. The highest BCUT2D eigenvalue weighted by molar-refractivity contribution is 7.89. The number of carbonyl (C=O) groups excluding carboxylic acids is 1. The van der Waals surface area contributed by atoms with Gasteiger partial charge in [0.05, 0.1) is 11.4 Å². The average molecular weight is 495 g/mol. The van der Waals surface area contributed by atoms with Gasteiger partial charge < -0.3 is 15.2 Å². The number of likely N-dealkylation sites (tertiary alicyclic amines) is 1. The smallest absolute Gasteiger partial charge is 0.256 e. The van der Waals surface area contributed by atoms with Crippen molar-refractivity contribution in [3.63, 3.8) is 0 Å². The number of sulfonamides is 1. The van der Waals surface area contributed by atoms with Crippen LogP contribution in [0.4, 0.5) is 0 Å². The molecular weight excluding hydrogens is 464 g/mol. The Hall–Kier alpha value is -3.01. The van der Waals surface area contributed by atoms with E-state index in [0.29, 0.717) is 36.2 Å². The van der Waals surface area contributed by atoms with Crippen LogP contribution in [0.2, 0.25) is 0 Å². The molecule has 1 aromatic heterocycles. The van der Waals surface area contributed by atoms with Crippen LogP contribution >= 0.6 is 0 Å². The van der Waals surface area contributed by atoms with Crippen molar-refractivity contribution in [2.45, 2.75) is 37.1 Å². The lowest BCUT2D eigenvalue weighted by Gasteiger charge is -2.28. The predicted octanol–water partition coefficient (Wildman–Crippen LogP) is 2.49. The number of nitrogens with one attached hydrogen (secondary N) is 2. The average Bonchev–Trinajstić information content (AvgIpc) is 3.40. The van der Waals surface area contributed by atoms with Gasteiger partial charge in [-0.2, -0.15) is 4.31 Å². The predicted molar refractivity (Wildman–Crippen MR) is 135 cm³/mol. The molecule has 8 nitrogen and oxygen atoms in total. The summed E-state index contributed by atoms with van der Waals surface area (Å²) in [5, 5.41) is 4.38. The molecule has 2 aromatic carbocycles. The van der Waals surface area contributed by atoms with Crippen LogP contribution in [0, 0.1) is 0 Å². The van der Waals surface area contributed by atoms with Gasteiger partial charge in [0.2, 0.25) is 10.0 Å². The van der Waals surface area contributed by atoms with Gasteiger partial charge in [-0.15, -0.1) is 0 Å². The van der Waals surface area contributed by atoms with Gasteiger partial charge in [0.1, 0.15) is 0 Å².